The normalized spacial score (nSPS) is 31.6. The zero-order valence-electron chi connectivity index (χ0n) is 16.0. The molecule has 10 heteroatoms. The number of carbonyl (C=O) groups is 1. The van der Waals surface area contributed by atoms with E-state index in [-0.39, 0.29) is 31.3 Å². The van der Waals surface area contributed by atoms with Gasteiger partial charge in [-0.05, 0) is 18.9 Å². The standard InChI is InChI=1S/C18H28FN7O2/c1-28-12-3-6-25(7-4-12)14-2-5-21-9-13(14)23-18(27)15-16(20)24-26-10-11(19)8-22-17(15)26/h2,5,9,11-12,15-17,22,24H,3-4,6-8,10,20H2,1H3,(H,23,27). The molecule has 0 spiro atoms. The van der Waals surface area contributed by atoms with Crippen LogP contribution in [0.15, 0.2) is 18.5 Å². The van der Waals surface area contributed by atoms with Gasteiger partial charge in [0.25, 0.3) is 0 Å². The fourth-order valence-corrected chi connectivity index (χ4v) is 4.29. The number of amides is 1. The van der Waals surface area contributed by atoms with Gasteiger partial charge in [-0.2, -0.15) is 0 Å². The van der Waals surface area contributed by atoms with Crippen LogP contribution < -0.4 is 26.7 Å². The Morgan fingerprint density at radius 2 is 2.21 bits per heavy atom. The molecule has 4 heterocycles. The van der Waals surface area contributed by atoms with E-state index < -0.39 is 18.3 Å². The SMILES string of the molecule is COC1CCN(c2ccncc2NC(=O)C2C(N)NN3CC(F)CNC23)CC1. The van der Waals surface area contributed by atoms with Crippen LogP contribution in [-0.2, 0) is 9.53 Å². The molecule has 0 aliphatic carbocycles. The number of hydrogen-bond acceptors (Lipinski definition) is 8. The first kappa shape index (κ1) is 19.5. The average Bonchev–Trinajstić information content (AvgIpc) is 3.03. The third-order valence-corrected chi connectivity index (χ3v) is 5.80. The predicted octanol–water partition coefficient (Wildman–Crippen LogP) is -0.376. The van der Waals surface area contributed by atoms with Gasteiger partial charge in [0.1, 0.15) is 6.17 Å². The van der Waals surface area contributed by atoms with Crippen molar-refractivity contribution in [3.8, 4) is 0 Å². The van der Waals surface area contributed by atoms with Gasteiger partial charge in [-0.3, -0.25) is 15.1 Å². The highest BCUT2D eigenvalue weighted by Gasteiger charge is 2.47. The molecule has 0 radical (unpaired) electrons. The number of ether oxygens (including phenoxy) is 1. The molecule has 3 aliphatic rings. The van der Waals surface area contributed by atoms with Crippen molar-refractivity contribution in [2.75, 3.05) is 43.5 Å². The number of aromatic nitrogens is 1. The predicted molar refractivity (Wildman–Crippen MR) is 103 cm³/mol. The van der Waals surface area contributed by atoms with Crippen LogP contribution in [0, 0.1) is 5.92 Å². The van der Waals surface area contributed by atoms with Gasteiger partial charge in [-0.25, -0.2) is 14.8 Å². The number of pyridine rings is 1. The van der Waals surface area contributed by atoms with Crippen molar-refractivity contribution in [2.24, 2.45) is 11.7 Å². The number of methoxy groups -OCH3 is 1. The number of alkyl halides is 1. The lowest BCUT2D eigenvalue weighted by atomic mass is 10.0. The summed E-state index contributed by atoms with van der Waals surface area (Å²) in [6.45, 7) is 2.13. The molecule has 4 rings (SSSR count). The number of piperidine rings is 1. The quantitative estimate of drug-likeness (QED) is 0.549. The van der Waals surface area contributed by atoms with Crippen molar-refractivity contribution in [1.82, 2.24) is 20.7 Å². The summed E-state index contributed by atoms with van der Waals surface area (Å²) in [4.78, 5) is 19.4. The van der Waals surface area contributed by atoms with Crippen LogP contribution in [0.4, 0.5) is 15.8 Å². The van der Waals surface area contributed by atoms with E-state index in [1.54, 1.807) is 24.5 Å². The Morgan fingerprint density at radius 1 is 1.43 bits per heavy atom. The van der Waals surface area contributed by atoms with Gasteiger partial charge in [0, 0.05) is 39.5 Å². The molecule has 154 valence electrons. The molecule has 0 saturated carbocycles. The Kier molecular flexibility index (Phi) is 5.74. The number of fused-ring (bicyclic) bond motifs is 1. The molecule has 4 atom stereocenters. The van der Waals surface area contributed by atoms with Crippen LogP contribution in [0.1, 0.15) is 12.8 Å². The minimum absolute atomic E-state index is 0.210. The van der Waals surface area contributed by atoms with E-state index in [1.165, 1.54) is 0 Å². The Hall–Kier alpha value is -1.85. The summed E-state index contributed by atoms with van der Waals surface area (Å²) in [5, 5.41) is 7.75. The average molecular weight is 393 g/mol. The molecule has 5 N–H and O–H groups in total. The molecule has 1 aromatic rings. The van der Waals surface area contributed by atoms with Crippen molar-refractivity contribution in [2.45, 2.75) is 37.4 Å². The lowest BCUT2D eigenvalue weighted by Gasteiger charge is -2.35. The second-order valence-corrected chi connectivity index (χ2v) is 7.59. The van der Waals surface area contributed by atoms with E-state index in [0.29, 0.717) is 5.69 Å². The Bertz CT molecular complexity index is 700. The number of nitrogens with two attached hydrogens (primary N) is 1. The molecular weight excluding hydrogens is 365 g/mol. The summed E-state index contributed by atoms with van der Waals surface area (Å²) in [5.41, 5.74) is 10.7. The number of rotatable bonds is 4. The van der Waals surface area contributed by atoms with Crippen molar-refractivity contribution in [1.29, 1.82) is 0 Å². The zero-order chi connectivity index (χ0) is 19.7. The zero-order valence-corrected chi connectivity index (χ0v) is 16.0. The maximum Gasteiger partial charge on any atom is 0.233 e. The van der Waals surface area contributed by atoms with Gasteiger partial charge in [-0.15, -0.1) is 0 Å². The van der Waals surface area contributed by atoms with Crippen LogP contribution >= 0.6 is 0 Å². The van der Waals surface area contributed by atoms with Gasteiger partial charge in [0.2, 0.25) is 5.91 Å². The van der Waals surface area contributed by atoms with Gasteiger partial charge < -0.3 is 20.7 Å². The van der Waals surface area contributed by atoms with E-state index in [9.17, 15) is 9.18 Å². The van der Waals surface area contributed by atoms with E-state index in [4.69, 9.17) is 10.5 Å². The van der Waals surface area contributed by atoms with E-state index >= 15 is 0 Å². The minimum atomic E-state index is -0.988. The van der Waals surface area contributed by atoms with E-state index in [2.05, 4.69) is 25.9 Å². The van der Waals surface area contributed by atoms with Crippen LogP contribution in [0.3, 0.4) is 0 Å². The lowest BCUT2D eigenvalue weighted by molar-refractivity contribution is -0.121. The molecule has 4 unspecified atom stereocenters. The highest BCUT2D eigenvalue weighted by molar-refractivity contribution is 5.96. The largest absolute Gasteiger partial charge is 0.381 e. The summed E-state index contributed by atoms with van der Waals surface area (Å²) in [6, 6.07) is 1.91. The van der Waals surface area contributed by atoms with Gasteiger partial charge in [-0.1, -0.05) is 0 Å². The molecule has 3 fully saturated rings. The second-order valence-electron chi connectivity index (χ2n) is 7.59. The Labute approximate surface area is 163 Å². The highest BCUT2D eigenvalue weighted by Crippen LogP contribution is 2.30. The topological polar surface area (TPSA) is 108 Å². The van der Waals surface area contributed by atoms with E-state index in [0.717, 1.165) is 31.6 Å². The van der Waals surface area contributed by atoms with Gasteiger partial charge >= 0.3 is 0 Å². The van der Waals surface area contributed by atoms with Crippen molar-refractivity contribution in [3.63, 3.8) is 0 Å². The lowest BCUT2D eigenvalue weighted by Crippen LogP contribution is -2.58. The minimum Gasteiger partial charge on any atom is -0.381 e. The van der Waals surface area contributed by atoms with Crippen LogP contribution in [-0.4, -0.2) is 73.8 Å². The third kappa shape index (κ3) is 3.83. The number of carbonyl (C=O) groups excluding carboxylic acids is 1. The maximum atomic E-state index is 13.6. The first-order valence-electron chi connectivity index (χ1n) is 9.75. The van der Waals surface area contributed by atoms with E-state index in [1.807, 2.05) is 6.07 Å². The number of hydrazine groups is 1. The Balaban J connectivity index is 1.46. The van der Waals surface area contributed by atoms with Crippen molar-refractivity contribution >= 4 is 17.3 Å². The monoisotopic (exact) mass is 393 g/mol. The smallest absolute Gasteiger partial charge is 0.233 e. The molecule has 1 amide bonds. The number of halogens is 1. The van der Waals surface area contributed by atoms with Crippen LogP contribution in [0.2, 0.25) is 0 Å². The van der Waals surface area contributed by atoms with Gasteiger partial charge in [0.05, 0.1) is 41.9 Å². The first-order valence-corrected chi connectivity index (χ1v) is 9.75. The maximum absolute atomic E-state index is 13.6. The molecule has 3 saturated heterocycles. The molecule has 3 aliphatic heterocycles. The molecular formula is C18H28FN7O2. The fraction of sp³-hybridized carbons (Fsp3) is 0.667. The first-order chi connectivity index (χ1) is 13.6. The number of nitrogens with zero attached hydrogens (tertiary/aromatic N) is 3. The summed E-state index contributed by atoms with van der Waals surface area (Å²) in [7, 11) is 1.74. The summed E-state index contributed by atoms with van der Waals surface area (Å²) in [5.74, 6) is -0.752. The van der Waals surface area contributed by atoms with Crippen molar-refractivity contribution in [3.05, 3.63) is 18.5 Å². The summed E-state index contributed by atoms with van der Waals surface area (Å²) < 4.78 is 19.1. The number of nitrogens with one attached hydrogen (secondary N) is 3. The number of hydrogen-bond donors (Lipinski definition) is 4. The third-order valence-electron chi connectivity index (χ3n) is 5.80. The highest BCUT2D eigenvalue weighted by atomic mass is 19.1. The Morgan fingerprint density at radius 3 is 2.96 bits per heavy atom. The second kappa shape index (κ2) is 8.26. The number of anilines is 2. The molecule has 0 aromatic carbocycles. The van der Waals surface area contributed by atoms with Crippen molar-refractivity contribution < 1.29 is 13.9 Å². The van der Waals surface area contributed by atoms with Gasteiger partial charge in [0.15, 0.2) is 0 Å². The van der Waals surface area contributed by atoms with Crippen LogP contribution in [0.25, 0.3) is 0 Å². The molecule has 0 bridgehead atoms. The molecule has 28 heavy (non-hydrogen) atoms. The molecule has 1 aromatic heterocycles. The summed E-state index contributed by atoms with van der Waals surface area (Å²) >= 11 is 0. The summed E-state index contributed by atoms with van der Waals surface area (Å²) in [6.07, 6.45) is 3.64. The fourth-order valence-electron chi connectivity index (χ4n) is 4.29. The molecule has 9 nitrogen and oxygen atoms in total. The van der Waals surface area contributed by atoms with Crippen LogP contribution in [0.5, 0.6) is 0 Å².